The van der Waals surface area contributed by atoms with Crippen molar-refractivity contribution in [3.8, 4) is 11.1 Å². The second-order valence-electron chi connectivity index (χ2n) is 10.2. The van der Waals surface area contributed by atoms with Crippen molar-refractivity contribution in [2.75, 3.05) is 5.32 Å². The number of ether oxygens (including phenoxy) is 2. The van der Waals surface area contributed by atoms with Crippen LogP contribution in [0.3, 0.4) is 0 Å². The zero-order valence-electron chi connectivity index (χ0n) is 23.5. The lowest BCUT2D eigenvalue weighted by Crippen LogP contribution is -2.24. The molecule has 1 amide bonds. The van der Waals surface area contributed by atoms with Crippen molar-refractivity contribution >= 4 is 29.6 Å². The van der Waals surface area contributed by atoms with E-state index in [4.69, 9.17) is 20.0 Å². The van der Waals surface area contributed by atoms with Crippen LogP contribution < -0.4 is 11.1 Å². The van der Waals surface area contributed by atoms with Crippen LogP contribution in [0.1, 0.15) is 52.6 Å². The highest BCUT2D eigenvalue weighted by Gasteiger charge is 2.20. The van der Waals surface area contributed by atoms with Gasteiger partial charge in [0.1, 0.15) is 12.2 Å². The van der Waals surface area contributed by atoms with E-state index in [0.29, 0.717) is 33.5 Å². The SMILES string of the molecule is CC(C)(C)OC(=O)ON=C(N)c1ccc(NC(=O)c2ccccc2-c2ccccc2C(=O)OCc2ccccc2)cc1. The number of carbonyl (C=O) groups is 3. The fourth-order valence-electron chi connectivity index (χ4n) is 3.94. The average molecular weight is 566 g/mol. The van der Waals surface area contributed by atoms with Crippen molar-refractivity contribution < 1.29 is 28.7 Å². The molecule has 42 heavy (non-hydrogen) atoms. The molecule has 3 N–H and O–H groups in total. The van der Waals surface area contributed by atoms with E-state index in [9.17, 15) is 14.4 Å². The van der Waals surface area contributed by atoms with Crippen LogP contribution in [-0.4, -0.2) is 29.5 Å². The number of benzene rings is 4. The molecule has 4 rings (SSSR count). The summed E-state index contributed by atoms with van der Waals surface area (Å²) in [6.45, 7) is 5.24. The number of anilines is 1. The normalized spacial score (nSPS) is 11.4. The van der Waals surface area contributed by atoms with E-state index in [1.807, 2.05) is 30.3 Å². The predicted octanol–water partition coefficient (Wildman–Crippen LogP) is 6.53. The van der Waals surface area contributed by atoms with Crippen molar-refractivity contribution in [3.63, 3.8) is 0 Å². The molecule has 0 saturated carbocycles. The number of nitrogens with one attached hydrogen (secondary N) is 1. The van der Waals surface area contributed by atoms with Gasteiger partial charge in [0.25, 0.3) is 5.91 Å². The van der Waals surface area contributed by atoms with Gasteiger partial charge >= 0.3 is 12.1 Å². The number of amidine groups is 1. The summed E-state index contributed by atoms with van der Waals surface area (Å²) >= 11 is 0. The van der Waals surface area contributed by atoms with Gasteiger partial charge < -0.3 is 20.5 Å². The molecule has 0 fully saturated rings. The summed E-state index contributed by atoms with van der Waals surface area (Å²) in [5.41, 5.74) is 8.90. The zero-order valence-corrected chi connectivity index (χ0v) is 23.5. The topological polar surface area (TPSA) is 129 Å². The van der Waals surface area contributed by atoms with Crippen LogP contribution in [0.5, 0.6) is 0 Å². The van der Waals surface area contributed by atoms with E-state index >= 15 is 0 Å². The van der Waals surface area contributed by atoms with Gasteiger partial charge in [0.2, 0.25) is 0 Å². The van der Waals surface area contributed by atoms with E-state index in [1.165, 1.54) is 0 Å². The Labute approximate surface area is 243 Å². The summed E-state index contributed by atoms with van der Waals surface area (Å²) in [5.74, 6) is -0.907. The molecule has 9 heteroatoms. The maximum absolute atomic E-state index is 13.4. The van der Waals surface area contributed by atoms with Crippen LogP contribution in [-0.2, 0) is 20.9 Å². The first kappa shape index (κ1) is 29.5. The van der Waals surface area contributed by atoms with Crippen LogP contribution in [0, 0.1) is 0 Å². The predicted molar refractivity (Wildman–Crippen MR) is 160 cm³/mol. The Morgan fingerprint density at radius 2 is 1.33 bits per heavy atom. The number of esters is 1. The Bertz CT molecular complexity index is 1590. The fraction of sp³-hybridized carbons (Fsp3) is 0.152. The molecule has 0 aliphatic rings. The minimum Gasteiger partial charge on any atom is -0.457 e. The number of hydrogen-bond acceptors (Lipinski definition) is 7. The molecular formula is C33H31N3O6. The summed E-state index contributed by atoms with van der Waals surface area (Å²) in [6.07, 6.45) is -0.973. The minimum atomic E-state index is -0.973. The molecule has 0 heterocycles. The van der Waals surface area contributed by atoms with Crippen molar-refractivity contribution in [1.82, 2.24) is 0 Å². The number of hydrogen-bond donors (Lipinski definition) is 2. The number of amides is 1. The molecule has 0 aliphatic heterocycles. The van der Waals surface area contributed by atoms with Crippen molar-refractivity contribution in [1.29, 1.82) is 0 Å². The molecule has 0 spiro atoms. The molecule has 214 valence electrons. The third-order valence-corrected chi connectivity index (χ3v) is 5.87. The lowest BCUT2D eigenvalue weighted by Gasteiger charge is -2.17. The van der Waals surface area contributed by atoms with Crippen molar-refractivity contribution in [3.05, 3.63) is 125 Å². The summed E-state index contributed by atoms with van der Waals surface area (Å²) in [5, 5.41) is 6.47. The number of oxime groups is 1. The third kappa shape index (κ3) is 8.04. The van der Waals surface area contributed by atoms with Crippen molar-refractivity contribution in [2.45, 2.75) is 33.0 Å². The molecule has 0 unspecified atom stereocenters. The summed E-state index contributed by atoms with van der Waals surface area (Å²) < 4.78 is 10.6. The Morgan fingerprint density at radius 1 is 0.762 bits per heavy atom. The third-order valence-electron chi connectivity index (χ3n) is 5.87. The number of nitrogens with two attached hydrogens (primary N) is 1. The number of nitrogens with zero attached hydrogens (tertiary/aromatic N) is 1. The molecule has 0 aliphatic carbocycles. The van der Waals surface area contributed by atoms with Crippen molar-refractivity contribution in [2.24, 2.45) is 10.9 Å². The lowest BCUT2D eigenvalue weighted by atomic mass is 9.95. The molecule has 0 saturated heterocycles. The summed E-state index contributed by atoms with van der Waals surface area (Å²) in [6, 6.07) is 30.0. The first-order valence-electron chi connectivity index (χ1n) is 13.2. The first-order chi connectivity index (χ1) is 20.1. The Morgan fingerprint density at radius 3 is 1.98 bits per heavy atom. The first-order valence-corrected chi connectivity index (χ1v) is 13.2. The van der Waals surface area contributed by atoms with Crippen LogP contribution in [0.2, 0.25) is 0 Å². The number of rotatable bonds is 8. The van der Waals surface area contributed by atoms with Crippen LogP contribution >= 0.6 is 0 Å². The van der Waals surface area contributed by atoms with E-state index in [-0.39, 0.29) is 18.3 Å². The van der Waals surface area contributed by atoms with Gasteiger partial charge in [-0.25, -0.2) is 9.59 Å². The highest BCUT2D eigenvalue weighted by molar-refractivity contribution is 6.10. The van der Waals surface area contributed by atoms with E-state index in [2.05, 4.69) is 10.5 Å². The van der Waals surface area contributed by atoms with Gasteiger partial charge in [0.05, 0.1) is 5.56 Å². The molecule has 4 aromatic carbocycles. The molecule has 0 aromatic heterocycles. The Hall–Kier alpha value is -5.44. The van der Waals surface area contributed by atoms with Gasteiger partial charge in [0, 0.05) is 16.8 Å². The maximum Gasteiger partial charge on any atom is 0.535 e. The second-order valence-corrected chi connectivity index (χ2v) is 10.2. The van der Waals surface area contributed by atoms with Gasteiger partial charge in [-0.15, -0.1) is 0 Å². The van der Waals surface area contributed by atoms with Gasteiger partial charge in [-0.2, -0.15) is 0 Å². The monoisotopic (exact) mass is 565 g/mol. The van der Waals surface area contributed by atoms with Crippen LogP contribution in [0.25, 0.3) is 11.1 Å². The van der Waals surface area contributed by atoms with Gasteiger partial charge in [0.15, 0.2) is 5.84 Å². The smallest absolute Gasteiger partial charge is 0.457 e. The molecule has 0 atom stereocenters. The van der Waals surface area contributed by atoms with Crippen LogP contribution in [0.4, 0.5) is 10.5 Å². The number of carbonyl (C=O) groups excluding carboxylic acids is 3. The molecule has 0 radical (unpaired) electrons. The Kier molecular flexibility index (Phi) is 9.34. The van der Waals surface area contributed by atoms with E-state index in [0.717, 1.165) is 5.56 Å². The maximum atomic E-state index is 13.4. The molecule has 9 nitrogen and oxygen atoms in total. The Balaban J connectivity index is 1.48. The highest BCUT2D eigenvalue weighted by atomic mass is 16.8. The molecular weight excluding hydrogens is 534 g/mol. The standard InChI is InChI=1S/C33H31N3O6/c1-33(2,3)41-32(39)42-36-29(34)23-17-19-24(20-18-23)35-30(37)27-15-9-7-13-25(27)26-14-8-10-16-28(26)31(38)40-21-22-11-5-4-6-12-22/h4-20H,21H2,1-3H3,(H2,34,36)(H,35,37). The largest absolute Gasteiger partial charge is 0.535 e. The quantitative estimate of drug-likeness (QED) is 0.0816. The summed E-state index contributed by atoms with van der Waals surface area (Å²) in [4.78, 5) is 42.8. The van der Waals surface area contributed by atoms with E-state index in [1.54, 1.807) is 93.6 Å². The molecule has 4 aromatic rings. The fourth-order valence-corrected chi connectivity index (χ4v) is 3.94. The zero-order chi connectivity index (χ0) is 30.1. The molecule has 0 bridgehead atoms. The minimum absolute atomic E-state index is 0.0418. The van der Waals surface area contributed by atoms with Crippen LogP contribution in [0.15, 0.2) is 108 Å². The summed E-state index contributed by atoms with van der Waals surface area (Å²) in [7, 11) is 0. The lowest BCUT2D eigenvalue weighted by molar-refractivity contribution is -0.00626. The van der Waals surface area contributed by atoms with Gasteiger partial charge in [-0.1, -0.05) is 71.9 Å². The highest BCUT2D eigenvalue weighted by Crippen LogP contribution is 2.29. The second kappa shape index (κ2) is 13.3. The van der Waals surface area contributed by atoms with Gasteiger partial charge in [-0.3, -0.25) is 9.63 Å². The van der Waals surface area contributed by atoms with E-state index < -0.39 is 17.7 Å². The van der Waals surface area contributed by atoms with Gasteiger partial charge in [-0.05, 0) is 73.9 Å². The average Bonchev–Trinajstić information content (AvgIpc) is 2.98.